The summed E-state index contributed by atoms with van der Waals surface area (Å²) in [5.74, 6) is 1.23. The largest absolute Gasteiger partial charge is 0.455 e. The Bertz CT molecular complexity index is 1030. The van der Waals surface area contributed by atoms with E-state index in [1.165, 1.54) is 30.5 Å². The van der Waals surface area contributed by atoms with Crippen LogP contribution in [0.3, 0.4) is 0 Å². The number of hydrogen-bond acceptors (Lipinski definition) is 8. The van der Waals surface area contributed by atoms with Gasteiger partial charge in [-0.2, -0.15) is 5.10 Å². The standard InChI is InChI=1S/C17H13N5O5/c1-11-2-3-12(21(23)24)8-15(11)16-6-5-14(27-16)10-19-20-17-7-4-13(9-18-17)22(25)26/h2-10H,1H3,(H,18,20)/b19-10+. The van der Waals surface area contributed by atoms with Gasteiger partial charge in [-0.25, -0.2) is 4.98 Å². The van der Waals surface area contributed by atoms with Crippen LogP contribution in [-0.4, -0.2) is 21.0 Å². The van der Waals surface area contributed by atoms with Crippen LogP contribution in [0, 0.1) is 27.2 Å². The second-order valence-electron chi connectivity index (χ2n) is 5.49. The molecule has 0 radical (unpaired) electrons. The number of hydrogen-bond donors (Lipinski definition) is 1. The predicted molar refractivity (Wildman–Crippen MR) is 97.6 cm³/mol. The van der Waals surface area contributed by atoms with Crippen LogP contribution < -0.4 is 5.43 Å². The Morgan fingerprint density at radius 1 is 1.07 bits per heavy atom. The summed E-state index contributed by atoms with van der Waals surface area (Å²) in [5.41, 5.74) is 3.95. The number of aromatic nitrogens is 1. The lowest BCUT2D eigenvalue weighted by Gasteiger charge is -2.02. The van der Waals surface area contributed by atoms with E-state index in [1.54, 1.807) is 18.2 Å². The Morgan fingerprint density at radius 3 is 2.48 bits per heavy atom. The van der Waals surface area contributed by atoms with Crippen LogP contribution in [-0.2, 0) is 0 Å². The van der Waals surface area contributed by atoms with Gasteiger partial charge in [0.2, 0.25) is 0 Å². The lowest BCUT2D eigenvalue weighted by molar-refractivity contribution is -0.385. The molecule has 0 spiro atoms. The molecule has 10 heteroatoms. The first kappa shape index (κ1) is 17.7. The minimum atomic E-state index is -0.541. The molecular formula is C17H13N5O5. The number of aryl methyl sites for hydroxylation is 1. The monoisotopic (exact) mass is 367 g/mol. The maximum absolute atomic E-state index is 10.9. The highest BCUT2D eigenvalue weighted by Crippen LogP contribution is 2.28. The first-order valence-electron chi connectivity index (χ1n) is 7.69. The Kier molecular flexibility index (Phi) is 4.88. The molecule has 10 nitrogen and oxygen atoms in total. The maximum Gasteiger partial charge on any atom is 0.287 e. The lowest BCUT2D eigenvalue weighted by Crippen LogP contribution is -1.94. The van der Waals surface area contributed by atoms with Crippen molar-refractivity contribution in [1.29, 1.82) is 0 Å². The van der Waals surface area contributed by atoms with Gasteiger partial charge in [-0.3, -0.25) is 25.7 Å². The van der Waals surface area contributed by atoms with Crippen molar-refractivity contribution in [2.45, 2.75) is 6.92 Å². The number of anilines is 1. The van der Waals surface area contributed by atoms with Crippen molar-refractivity contribution in [1.82, 2.24) is 4.98 Å². The molecule has 0 unspecified atom stereocenters. The molecule has 2 heterocycles. The molecule has 27 heavy (non-hydrogen) atoms. The van der Waals surface area contributed by atoms with Gasteiger partial charge in [0.05, 0.1) is 16.1 Å². The van der Waals surface area contributed by atoms with E-state index in [0.717, 1.165) is 11.8 Å². The van der Waals surface area contributed by atoms with Crippen LogP contribution in [0.5, 0.6) is 0 Å². The minimum Gasteiger partial charge on any atom is -0.455 e. The van der Waals surface area contributed by atoms with E-state index < -0.39 is 9.85 Å². The van der Waals surface area contributed by atoms with Gasteiger partial charge in [-0.05, 0) is 30.7 Å². The molecule has 0 aliphatic carbocycles. The number of rotatable bonds is 6. The molecule has 3 rings (SSSR count). The number of hydrazone groups is 1. The Hall–Kier alpha value is -4.08. The fourth-order valence-electron chi connectivity index (χ4n) is 2.28. The first-order valence-corrected chi connectivity index (χ1v) is 7.69. The van der Waals surface area contributed by atoms with E-state index in [-0.39, 0.29) is 11.4 Å². The van der Waals surface area contributed by atoms with Crippen molar-refractivity contribution in [2.75, 3.05) is 5.43 Å². The Morgan fingerprint density at radius 2 is 1.81 bits per heavy atom. The van der Waals surface area contributed by atoms with Crippen LogP contribution in [0.1, 0.15) is 11.3 Å². The smallest absolute Gasteiger partial charge is 0.287 e. The Balaban J connectivity index is 1.72. The molecule has 0 saturated heterocycles. The van der Waals surface area contributed by atoms with Gasteiger partial charge >= 0.3 is 0 Å². The molecule has 136 valence electrons. The number of benzene rings is 1. The average molecular weight is 367 g/mol. The van der Waals surface area contributed by atoms with Gasteiger partial charge in [-0.1, -0.05) is 6.07 Å². The van der Waals surface area contributed by atoms with Crippen molar-refractivity contribution >= 4 is 23.4 Å². The number of nitro benzene ring substituents is 1. The van der Waals surface area contributed by atoms with Crippen molar-refractivity contribution in [3.8, 4) is 11.3 Å². The molecule has 0 bridgehead atoms. The second kappa shape index (κ2) is 7.44. The third kappa shape index (κ3) is 4.12. The minimum absolute atomic E-state index is 0.0203. The highest BCUT2D eigenvalue weighted by molar-refractivity contribution is 5.78. The highest BCUT2D eigenvalue weighted by atomic mass is 16.6. The molecule has 0 aliphatic heterocycles. The maximum atomic E-state index is 10.9. The number of pyridine rings is 1. The number of nitrogens with one attached hydrogen (secondary N) is 1. The first-order chi connectivity index (χ1) is 12.9. The van der Waals surface area contributed by atoms with Gasteiger partial charge in [0.25, 0.3) is 11.4 Å². The summed E-state index contributed by atoms with van der Waals surface area (Å²) >= 11 is 0. The average Bonchev–Trinajstić information content (AvgIpc) is 3.11. The molecule has 1 aromatic carbocycles. The van der Waals surface area contributed by atoms with E-state index in [4.69, 9.17) is 4.42 Å². The number of non-ortho nitro benzene ring substituents is 1. The van der Waals surface area contributed by atoms with Crippen LogP contribution >= 0.6 is 0 Å². The zero-order valence-corrected chi connectivity index (χ0v) is 14.0. The number of nitro groups is 2. The van der Waals surface area contributed by atoms with Crippen molar-refractivity contribution < 1.29 is 14.3 Å². The molecule has 0 amide bonds. The van der Waals surface area contributed by atoms with Crippen molar-refractivity contribution in [2.24, 2.45) is 5.10 Å². The van der Waals surface area contributed by atoms with Crippen LogP contribution in [0.15, 0.2) is 58.2 Å². The number of furan rings is 1. The van der Waals surface area contributed by atoms with Gasteiger partial charge in [0.1, 0.15) is 23.5 Å². The van der Waals surface area contributed by atoms with E-state index in [1.807, 2.05) is 6.92 Å². The zero-order chi connectivity index (χ0) is 19.4. The van der Waals surface area contributed by atoms with Crippen LogP contribution in [0.25, 0.3) is 11.3 Å². The fraction of sp³-hybridized carbons (Fsp3) is 0.0588. The summed E-state index contributed by atoms with van der Waals surface area (Å²) in [6.07, 6.45) is 2.52. The topological polar surface area (TPSA) is 137 Å². The zero-order valence-electron chi connectivity index (χ0n) is 14.0. The van der Waals surface area contributed by atoms with E-state index >= 15 is 0 Å². The van der Waals surface area contributed by atoms with Crippen LogP contribution in [0.2, 0.25) is 0 Å². The van der Waals surface area contributed by atoms with Gasteiger partial charge in [-0.15, -0.1) is 0 Å². The van der Waals surface area contributed by atoms with Gasteiger partial charge in [0, 0.05) is 23.8 Å². The quantitative estimate of drug-likeness (QED) is 0.396. The highest BCUT2D eigenvalue weighted by Gasteiger charge is 2.13. The van der Waals surface area contributed by atoms with Gasteiger partial charge < -0.3 is 4.42 Å². The third-order valence-corrected chi connectivity index (χ3v) is 3.65. The van der Waals surface area contributed by atoms with Crippen molar-refractivity contribution in [3.63, 3.8) is 0 Å². The van der Waals surface area contributed by atoms with Crippen molar-refractivity contribution in [3.05, 3.63) is 80.2 Å². The van der Waals surface area contributed by atoms with E-state index in [2.05, 4.69) is 15.5 Å². The SMILES string of the molecule is Cc1ccc([N+](=O)[O-])cc1-c1ccc(/C=N/Nc2ccc([N+](=O)[O-])cn2)o1. The van der Waals surface area contributed by atoms with Crippen LogP contribution in [0.4, 0.5) is 17.2 Å². The third-order valence-electron chi connectivity index (χ3n) is 3.65. The summed E-state index contributed by atoms with van der Waals surface area (Å²) < 4.78 is 5.65. The van der Waals surface area contributed by atoms with Gasteiger partial charge in [0.15, 0.2) is 0 Å². The summed E-state index contributed by atoms with van der Waals surface area (Å²) in [4.78, 5) is 24.4. The fourth-order valence-corrected chi connectivity index (χ4v) is 2.28. The summed E-state index contributed by atoms with van der Waals surface area (Å²) in [7, 11) is 0. The summed E-state index contributed by atoms with van der Waals surface area (Å²) in [5, 5.41) is 25.5. The number of nitrogens with zero attached hydrogens (tertiary/aromatic N) is 4. The summed E-state index contributed by atoms with van der Waals surface area (Å²) in [6, 6.07) is 10.6. The van der Waals surface area contributed by atoms with E-state index in [0.29, 0.717) is 22.9 Å². The molecule has 1 N–H and O–H groups in total. The predicted octanol–water partition coefficient (Wildman–Crippen LogP) is 3.91. The Labute approximate surface area is 152 Å². The molecule has 0 fully saturated rings. The molecule has 3 aromatic rings. The molecule has 2 aromatic heterocycles. The lowest BCUT2D eigenvalue weighted by atomic mass is 10.1. The second-order valence-corrected chi connectivity index (χ2v) is 5.49. The summed E-state index contributed by atoms with van der Waals surface area (Å²) in [6.45, 7) is 1.83. The molecule has 0 atom stereocenters. The van der Waals surface area contributed by atoms with E-state index in [9.17, 15) is 20.2 Å². The normalized spacial score (nSPS) is 10.9. The molecular weight excluding hydrogens is 354 g/mol. The molecule has 0 aliphatic rings. The molecule has 0 saturated carbocycles.